The van der Waals surface area contributed by atoms with Gasteiger partial charge in [-0.25, -0.2) is 18.4 Å². The minimum atomic E-state index is -3.26. The summed E-state index contributed by atoms with van der Waals surface area (Å²) in [4.78, 5) is 28.6. The lowest BCUT2D eigenvalue weighted by atomic mass is 10.1. The van der Waals surface area contributed by atoms with Gasteiger partial charge in [-0.2, -0.15) is 4.31 Å². The average Bonchev–Trinajstić information content (AvgIpc) is 3.37. The molecule has 1 amide bonds. The third-order valence-corrected chi connectivity index (χ3v) is 8.75. The zero-order valence-corrected chi connectivity index (χ0v) is 21.7. The molecule has 37 heavy (non-hydrogen) atoms. The van der Waals surface area contributed by atoms with Gasteiger partial charge in [-0.05, 0) is 23.8 Å². The van der Waals surface area contributed by atoms with Crippen molar-refractivity contribution in [3.63, 3.8) is 0 Å². The van der Waals surface area contributed by atoms with E-state index in [9.17, 15) is 18.3 Å². The number of carbonyl (C=O) groups excluding carboxylic acids is 1. The van der Waals surface area contributed by atoms with E-state index in [1.807, 2.05) is 42.5 Å². The molecule has 192 valence electrons. The maximum Gasteiger partial charge on any atom is 0.272 e. The fraction of sp³-hybridized carbons (Fsp3) is 0.280. The largest absolute Gasteiger partial charge is 0.394 e. The molecule has 0 unspecified atom stereocenters. The van der Waals surface area contributed by atoms with Crippen LogP contribution in [-0.2, 0) is 10.0 Å². The van der Waals surface area contributed by atoms with Crippen LogP contribution in [0, 0.1) is 0 Å². The molecule has 1 atom stereocenters. The molecule has 4 aromatic rings. The molecule has 5 rings (SSSR count). The molecule has 2 N–H and O–H groups in total. The second-order valence-corrected chi connectivity index (χ2v) is 11.8. The molecule has 1 fully saturated rings. The Morgan fingerprint density at radius 3 is 2.49 bits per heavy atom. The Labute approximate surface area is 218 Å². The van der Waals surface area contributed by atoms with E-state index in [4.69, 9.17) is 0 Å². The summed E-state index contributed by atoms with van der Waals surface area (Å²) in [5.41, 5.74) is 2.88. The Morgan fingerprint density at radius 2 is 1.84 bits per heavy atom. The van der Waals surface area contributed by atoms with Gasteiger partial charge < -0.3 is 15.3 Å². The van der Waals surface area contributed by atoms with Gasteiger partial charge in [0.1, 0.15) is 17.8 Å². The second kappa shape index (κ2) is 10.5. The highest BCUT2D eigenvalue weighted by atomic mass is 32.2. The number of piperazine rings is 1. The normalized spacial score (nSPS) is 15.6. The van der Waals surface area contributed by atoms with Crippen LogP contribution in [0.1, 0.15) is 22.1 Å². The Hall–Kier alpha value is -3.45. The highest BCUT2D eigenvalue weighted by Gasteiger charge is 2.27. The van der Waals surface area contributed by atoms with Gasteiger partial charge in [0.05, 0.1) is 29.1 Å². The van der Waals surface area contributed by atoms with Crippen LogP contribution in [-0.4, -0.2) is 82.6 Å². The summed E-state index contributed by atoms with van der Waals surface area (Å²) in [6, 6.07) is 14.9. The minimum absolute atomic E-state index is 0.0868. The van der Waals surface area contributed by atoms with Crippen LogP contribution in [0.4, 0.5) is 5.82 Å². The van der Waals surface area contributed by atoms with Crippen LogP contribution in [0.2, 0.25) is 0 Å². The Balaban J connectivity index is 1.33. The monoisotopic (exact) mass is 538 g/mol. The van der Waals surface area contributed by atoms with Crippen LogP contribution in [0.15, 0.2) is 61.1 Å². The Kier molecular flexibility index (Phi) is 7.15. The number of hydrogen-bond acceptors (Lipinski definition) is 9. The molecule has 0 bridgehead atoms. The number of sulfonamides is 1. The molecule has 0 radical (unpaired) electrons. The van der Waals surface area contributed by atoms with E-state index in [1.54, 1.807) is 17.2 Å². The molecule has 0 aliphatic carbocycles. The van der Waals surface area contributed by atoms with E-state index < -0.39 is 10.0 Å². The van der Waals surface area contributed by atoms with Crippen molar-refractivity contribution in [2.24, 2.45) is 0 Å². The number of aliphatic hydroxyl groups is 1. The van der Waals surface area contributed by atoms with Crippen molar-refractivity contribution in [2.45, 2.75) is 6.04 Å². The van der Waals surface area contributed by atoms with Crippen molar-refractivity contribution in [1.29, 1.82) is 0 Å². The highest BCUT2D eigenvalue weighted by molar-refractivity contribution is 7.88. The third kappa shape index (κ3) is 5.47. The summed E-state index contributed by atoms with van der Waals surface area (Å²) >= 11 is 1.50. The molecular formula is C25H26N6O4S2. The number of hydrogen-bond donors (Lipinski definition) is 2. The van der Waals surface area contributed by atoms with Crippen molar-refractivity contribution in [2.75, 3.05) is 44.4 Å². The lowest BCUT2D eigenvalue weighted by Gasteiger charge is -2.33. The molecule has 1 aliphatic heterocycles. The molecule has 1 aromatic carbocycles. The van der Waals surface area contributed by atoms with Crippen LogP contribution >= 0.6 is 11.3 Å². The highest BCUT2D eigenvalue weighted by Crippen LogP contribution is 2.36. The molecule has 0 spiro atoms. The zero-order chi connectivity index (χ0) is 26.0. The Morgan fingerprint density at radius 1 is 1.08 bits per heavy atom. The molecule has 4 heterocycles. The maximum atomic E-state index is 12.9. The summed E-state index contributed by atoms with van der Waals surface area (Å²) in [7, 11) is -3.26. The predicted octanol–water partition coefficient (Wildman–Crippen LogP) is 2.62. The quantitative estimate of drug-likeness (QED) is 0.368. The van der Waals surface area contributed by atoms with Crippen molar-refractivity contribution >= 4 is 43.3 Å². The number of rotatable bonds is 7. The van der Waals surface area contributed by atoms with Gasteiger partial charge in [0.25, 0.3) is 5.91 Å². The van der Waals surface area contributed by atoms with E-state index in [2.05, 4.69) is 20.3 Å². The number of fused-ring (bicyclic) bond motifs is 1. The lowest BCUT2D eigenvalue weighted by Crippen LogP contribution is -2.50. The fourth-order valence-corrected chi connectivity index (χ4v) is 6.12. The average molecular weight is 539 g/mol. The maximum absolute atomic E-state index is 12.9. The fourth-order valence-electron chi connectivity index (χ4n) is 4.24. The first-order valence-electron chi connectivity index (χ1n) is 11.7. The second-order valence-electron chi connectivity index (χ2n) is 8.72. The van der Waals surface area contributed by atoms with Gasteiger partial charge in [-0.3, -0.25) is 9.78 Å². The summed E-state index contributed by atoms with van der Waals surface area (Å²) < 4.78 is 25.7. The molecule has 1 aliphatic rings. The van der Waals surface area contributed by atoms with Gasteiger partial charge in [0.15, 0.2) is 0 Å². The number of amides is 1. The van der Waals surface area contributed by atoms with Crippen molar-refractivity contribution in [1.82, 2.24) is 24.2 Å². The van der Waals surface area contributed by atoms with Crippen LogP contribution in [0.25, 0.3) is 20.7 Å². The van der Waals surface area contributed by atoms with Gasteiger partial charge in [0.2, 0.25) is 10.0 Å². The number of anilines is 1. The van der Waals surface area contributed by atoms with Gasteiger partial charge in [-0.15, -0.1) is 11.3 Å². The third-order valence-electron chi connectivity index (χ3n) is 6.27. The standard InChI is InChI=1S/C25H26N6O4S2/c1-37(34,35)31-11-9-30(10-12-31)25(33)19-8-7-18(14-26-19)22-13-20-23(36-22)24(28-16-27-20)29-21(15-32)17-5-3-2-4-6-17/h2-8,13-14,16,21,32H,9-12,15H2,1H3,(H,27,28,29)/t21-/m1/s1. The Bertz CT molecular complexity index is 1500. The molecule has 0 saturated carbocycles. The van der Waals surface area contributed by atoms with Gasteiger partial charge in [-0.1, -0.05) is 30.3 Å². The van der Waals surface area contributed by atoms with Crippen molar-refractivity contribution < 1.29 is 18.3 Å². The summed E-state index contributed by atoms with van der Waals surface area (Å²) in [6.07, 6.45) is 4.33. The van der Waals surface area contributed by atoms with E-state index >= 15 is 0 Å². The number of aromatic nitrogens is 3. The topological polar surface area (TPSA) is 129 Å². The van der Waals surface area contributed by atoms with E-state index in [0.717, 1.165) is 26.2 Å². The van der Waals surface area contributed by atoms with Crippen LogP contribution in [0.5, 0.6) is 0 Å². The van der Waals surface area contributed by atoms with Crippen molar-refractivity contribution in [3.05, 3.63) is 72.3 Å². The molecule has 3 aromatic heterocycles. The van der Waals surface area contributed by atoms with Gasteiger partial charge >= 0.3 is 0 Å². The molecular weight excluding hydrogens is 512 g/mol. The lowest BCUT2D eigenvalue weighted by molar-refractivity contribution is 0.0692. The summed E-state index contributed by atoms with van der Waals surface area (Å²) in [6.45, 7) is 1.14. The number of nitrogens with one attached hydrogen (secondary N) is 1. The summed E-state index contributed by atoms with van der Waals surface area (Å²) in [5, 5.41) is 13.3. The van der Waals surface area contributed by atoms with E-state index in [0.29, 0.717) is 24.6 Å². The minimum Gasteiger partial charge on any atom is -0.394 e. The smallest absolute Gasteiger partial charge is 0.272 e. The first-order valence-corrected chi connectivity index (χ1v) is 14.4. The predicted molar refractivity (Wildman–Crippen MR) is 143 cm³/mol. The van der Waals surface area contributed by atoms with Crippen LogP contribution < -0.4 is 5.32 Å². The number of thiophene rings is 1. The number of pyridine rings is 1. The number of benzene rings is 1. The molecule has 12 heteroatoms. The number of aliphatic hydroxyl groups excluding tert-OH is 1. The van der Waals surface area contributed by atoms with Crippen LogP contribution in [0.3, 0.4) is 0 Å². The molecule has 10 nitrogen and oxygen atoms in total. The molecule has 1 saturated heterocycles. The van der Waals surface area contributed by atoms with E-state index in [1.165, 1.54) is 28.2 Å². The summed E-state index contributed by atoms with van der Waals surface area (Å²) in [5.74, 6) is 0.418. The zero-order valence-electron chi connectivity index (χ0n) is 20.1. The SMILES string of the molecule is CS(=O)(=O)N1CCN(C(=O)c2ccc(-c3cc4ncnc(N[C@H](CO)c5ccccc5)c4s3)cn2)CC1. The number of carbonyl (C=O) groups is 1. The van der Waals surface area contributed by atoms with Gasteiger partial charge in [0, 0.05) is 42.8 Å². The number of nitrogens with zero attached hydrogens (tertiary/aromatic N) is 5. The first-order chi connectivity index (χ1) is 17.8. The first kappa shape index (κ1) is 25.2. The van der Waals surface area contributed by atoms with Crippen molar-refractivity contribution in [3.8, 4) is 10.4 Å². The van der Waals surface area contributed by atoms with E-state index in [-0.39, 0.29) is 31.6 Å².